The van der Waals surface area contributed by atoms with Crippen LogP contribution in [-0.4, -0.2) is 58.9 Å². The Kier molecular flexibility index (Phi) is 2.95. The highest BCUT2D eigenvalue weighted by Gasteiger charge is 2.38. The van der Waals surface area contributed by atoms with E-state index >= 15 is 0 Å². The molecule has 0 aliphatic carbocycles. The summed E-state index contributed by atoms with van der Waals surface area (Å²) >= 11 is 0. The Balaban J connectivity index is 1.97. The summed E-state index contributed by atoms with van der Waals surface area (Å²) in [5.74, 6) is 0.350. The average Bonchev–Trinajstić information content (AvgIpc) is 2.74. The number of carbonyl (C=O) groups is 1. The maximum atomic E-state index is 12.0. The van der Waals surface area contributed by atoms with Gasteiger partial charge in [-0.25, -0.2) is 0 Å². The Morgan fingerprint density at radius 2 is 1.93 bits per heavy atom. The molecular formula is C10H18N2O3. The van der Waals surface area contributed by atoms with Crippen LogP contribution in [0.3, 0.4) is 0 Å². The molecule has 0 saturated carbocycles. The molecule has 0 radical (unpaired) electrons. The molecule has 2 aliphatic heterocycles. The minimum atomic E-state index is -0.786. The molecule has 4 atom stereocenters. The van der Waals surface area contributed by atoms with Crippen molar-refractivity contribution < 1.29 is 15.0 Å². The van der Waals surface area contributed by atoms with E-state index in [4.69, 9.17) is 0 Å². The largest absolute Gasteiger partial charge is 0.388 e. The molecule has 0 spiro atoms. The zero-order valence-corrected chi connectivity index (χ0v) is 8.89. The van der Waals surface area contributed by atoms with E-state index in [9.17, 15) is 15.0 Å². The van der Waals surface area contributed by atoms with Crippen molar-refractivity contribution in [3.8, 4) is 0 Å². The van der Waals surface area contributed by atoms with Crippen LogP contribution in [0.5, 0.6) is 0 Å². The van der Waals surface area contributed by atoms with E-state index in [0.717, 1.165) is 13.0 Å². The van der Waals surface area contributed by atoms with Crippen LogP contribution in [0, 0.1) is 5.92 Å². The topological polar surface area (TPSA) is 72.8 Å². The molecule has 2 unspecified atom stereocenters. The quantitative estimate of drug-likeness (QED) is 0.499. The zero-order valence-electron chi connectivity index (χ0n) is 8.89. The molecular weight excluding hydrogens is 196 g/mol. The van der Waals surface area contributed by atoms with Gasteiger partial charge in [-0.05, 0) is 18.9 Å². The van der Waals surface area contributed by atoms with Crippen molar-refractivity contribution in [1.29, 1.82) is 0 Å². The predicted octanol–water partition coefficient (Wildman–Crippen LogP) is -1.45. The molecule has 5 heteroatoms. The van der Waals surface area contributed by atoms with Crippen molar-refractivity contribution in [3.05, 3.63) is 0 Å². The normalized spacial score (nSPS) is 41.1. The first kappa shape index (κ1) is 10.9. The smallest absolute Gasteiger partial charge is 0.240 e. The molecule has 0 bridgehead atoms. The monoisotopic (exact) mass is 214 g/mol. The van der Waals surface area contributed by atoms with Crippen molar-refractivity contribution >= 4 is 5.91 Å². The second-order valence-corrected chi connectivity index (χ2v) is 4.58. The third-order valence-corrected chi connectivity index (χ3v) is 3.37. The van der Waals surface area contributed by atoms with Gasteiger partial charge in [0.1, 0.15) is 0 Å². The highest BCUT2D eigenvalue weighted by molar-refractivity contribution is 5.83. The molecule has 1 amide bonds. The first-order chi connectivity index (χ1) is 7.09. The first-order valence-electron chi connectivity index (χ1n) is 5.48. The molecule has 2 heterocycles. The molecule has 3 N–H and O–H groups in total. The van der Waals surface area contributed by atoms with Gasteiger partial charge in [0.15, 0.2) is 0 Å². The molecule has 2 aliphatic rings. The van der Waals surface area contributed by atoms with Crippen LogP contribution in [-0.2, 0) is 4.79 Å². The number of nitrogens with zero attached hydrogens (tertiary/aromatic N) is 1. The lowest BCUT2D eigenvalue weighted by atomic mass is 10.0. The van der Waals surface area contributed by atoms with Gasteiger partial charge >= 0.3 is 0 Å². The van der Waals surface area contributed by atoms with Crippen LogP contribution in [0.4, 0.5) is 0 Å². The second kappa shape index (κ2) is 4.08. The van der Waals surface area contributed by atoms with E-state index in [1.807, 2.05) is 6.92 Å². The lowest BCUT2D eigenvalue weighted by Gasteiger charge is -2.22. The van der Waals surface area contributed by atoms with Gasteiger partial charge in [-0.1, -0.05) is 6.92 Å². The molecule has 5 nitrogen and oxygen atoms in total. The van der Waals surface area contributed by atoms with Gasteiger partial charge in [-0.2, -0.15) is 0 Å². The Morgan fingerprint density at radius 1 is 1.33 bits per heavy atom. The van der Waals surface area contributed by atoms with E-state index in [2.05, 4.69) is 5.32 Å². The van der Waals surface area contributed by atoms with Crippen molar-refractivity contribution in [1.82, 2.24) is 10.2 Å². The second-order valence-electron chi connectivity index (χ2n) is 4.58. The molecule has 0 aromatic carbocycles. The molecule has 2 fully saturated rings. The zero-order chi connectivity index (χ0) is 11.0. The summed E-state index contributed by atoms with van der Waals surface area (Å²) in [5.41, 5.74) is 0. The summed E-state index contributed by atoms with van der Waals surface area (Å²) in [4.78, 5) is 13.5. The summed E-state index contributed by atoms with van der Waals surface area (Å²) < 4.78 is 0. The van der Waals surface area contributed by atoms with Crippen LogP contribution in [0.1, 0.15) is 13.3 Å². The van der Waals surface area contributed by atoms with Gasteiger partial charge in [-0.3, -0.25) is 4.79 Å². The highest BCUT2D eigenvalue weighted by Crippen LogP contribution is 2.19. The SMILES string of the molecule is CC1CCNC1C(=O)N1C[C@@H](O)[C@@H](O)C1. The average molecular weight is 214 g/mol. The Morgan fingerprint density at radius 3 is 2.40 bits per heavy atom. The van der Waals surface area contributed by atoms with Gasteiger partial charge in [0.25, 0.3) is 0 Å². The predicted molar refractivity (Wildman–Crippen MR) is 54.2 cm³/mol. The van der Waals surface area contributed by atoms with E-state index < -0.39 is 12.2 Å². The highest BCUT2D eigenvalue weighted by atomic mass is 16.3. The van der Waals surface area contributed by atoms with Gasteiger partial charge in [0.2, 0.25) is 5.91 Å². The van der Waals surface area contributed by atoms with Crippen LogP contribution >= 0.6 is 0 Å². The van der Waals surface area contributed by atoms with Crippen molar-refractivity contribution in [3.63, 3.8) is 0 Å². The molecule has 86 valence electrons. The van der Waals surface area contributed by atoms with E-state index in [1.54, 1.807) is 4.90 Å². The third kappa shape index (κ3) is 2.00. The summed E-state index contributed by atoms with van der Waals surface area (Å²) in [6.45, 7) is 3.43. The maximum absolute atomic E-state index is 12.0. The van der Waals surface area contributed by atoms with Gasteiger partial charge in [0.05, 0.1) is 18.2 Å². The number of rotatable bonds is 1. The number of hydrogen-bond acceptors (Lipinski definition) is 4. The minimum absolute atomic E-state index is 0.00981. The summed E-state index contributed by atoms with van der Waals surface area (Å²) in [6, 6.07) is -0.137. The van der Waals surface area contributed by atoms with Crippen molar-refractivity contribution in [2.75, 3.05) is 19.6 Å². The van der Waals surface area contributed by atoms with E-state index in [1.165, 1.54) is 0 Å². The third-order valence-electron chi connectivity index (χ3n) is 3.37. The number of β-amino-alcohol motifs (C(OH)–C–C–N with tert-alkyl or cyclic N) is 2. The number of hydrogen-bond donors (Lipinski definition) is 3. The summed E-state index contributed by atoms with van der Waals surface area (Å²) in [5, 5.41) is 21.9. The van der Waals surface area contributed by atoms with Crippen LogP contribution in [0.15, 0.2) is 0 Å². The Bertz CT molecular complexity index is 249. The molecule has 0 aromatic heterocycles. The molecule has 0 aromatic rings. The fourth-order valence-corrected chi connectivity index (χ4v) is 2.31. The van der Waals surface area contributed by atoms with E-state index in [0.29, 0.717) is 5.92 Å². The Hall–Kier alpha value is -0.650. The van der Waals surface area contributed by atoms with Crippen LogP contribution in [0.25, 0.3) is 0 Å². The minimum Gasteiger partial charge on any atom is -0.388 e. The van der Waals surface area contributed by atoms with Gasteiger partial charge in [0, 0.05) is 13.1 Å². The lowest BCUT2D eigenvalue weighted by Crippen LogP contribution is -2.45. The maximum Gasteiger partial charge on any atom is 0.240 e. The van der Waals surface area contributed by atoms with E-state index in [-0.39, 0.29) is 25.0 Å². The van der Waals surface area contributed by atoms with Gasteiger partial charge in [-0.15, -0.1) is 0 Å². The summed E-state index contributed by atoms with van der Waals surface area (Å²) in [7, 11) is 0. The fourth-order valence-electron chi connectivity index (χ4n) is 2.31. The number of nitrogens with one attached hydrogen (secondary N) is 1. The Labute approximate surface area is 89.1 Å². The fraction of sp³-hybridized carbons (Fsp3) is 0.900. The number of likely N-dealkylation sites (tertiary alicyclic amines) is 1. The number of carbonyl (C=O) groups excluding carboxylic acids is 1. The van der Waals surface area contributed by atoms with Crippen LogP contribution < -0.4 is 5.32 Å². The summed E-state index contributed by atoms with van der Waals surface area (Å²) in [6.07, 6.45) is -0.564. The first-order valence-corrected chi connectivity index (χ1v) is 5.48. The molecule has 2 saturated heterocycles. The molecule has 2 rings (SSSR count). The lowest BCUT2D eigenvalue weighted by molar-refractivity contribution is -0.133. The number of aliphatic hydroxyl groups excluding tert-OH is 2. The number of amides is 1. The van der Waals surface area contributed by atoms with Crippen molar-refractivity contribution in [2.24, 2.45) is 5.92 Å². The number of aliphatic hydroxyl groups is 2. The van der Waals surface area contributed by atoms with Crippen molar-refractivity contribution in [2.45, 2.75) is 31.6 Å². The van der Waals surface area contributed by atoms with Crippen LogP contribution in [0.2, 0.25) is 0 Å². The molecule has 15 heavy (non-hydrogen) atoms. The standard InChI is InChI=1S/C10H18N2O3/c1-6-2-3-11-9(6)10(15)12-4-7(13)8(14)5-12/h6-9,11,13-14H,2-5H2,1H3/t6?,7-,8+,9?. The van der Waals surface area contributed by atoms with Gasteiger partial charge < -0.3 is 20.4 Å².